The number of urea groups is 1. The zero-order valence-corrected chi connectivity index (χ0v) is 12.5. The van der Waals surface area contributed by atoms with Crippen molar-refractivity contribution in [3.63, 3.8) is 0 Å². The average Bonchev–Trinajstić information content (AvgIpc) is 2.49. The Morgan fingerprint density at radius 1 is 0.870 bits per heavy atom. The van der Waals surface area contributed by atoms with Gasteiger partial charge in [0.25, 0.3) is 0 Å². The Balaban J connectivity index is 1.93. The van der Waals surface area contributed by atoms with Gasteiger partial charge < -0.3 is 20.5 Å². The highest BCUT2D eigenvalue weighted by Gasteiger charge is 2.04. The van der Waals surface area contributed by atoms with Crippen LogP contribution >= 0.6 is 0 Å². The Morgan fingerprint density at radius 2 is 1.35 bits per heavy atom. The van der Waals surface area contributed by atoms with Crippen molar-refractivity contribution in [1.82, 2.24) is 0 Å². The first-order valence-electron chi connectivity index (χ1n) is 6.92. The molecule has 6 nitrogen and oxygen atoms in total. The fourth-order valence-corrected chi connectivity index (χ4v) is 1.95. The summed E-state index contributed by atoms with van der Waals surface area (Å²) in [5.74, 6) is -1.20. The maximum absolute atomic E-state index is 11.9. The summed E-state index contributed by atoms with van der Waals surface area (Å²) >= 11 is 0. The second kappa shape index (κ2) is 7.22. The average molecular weight is 311 g/mol. The van der Waals surface area contributed by atoms with Crippen molar-refractivity contribution in [2.75, 3.05) is 10.6 Å². The third-order valence-electron chi connectivity index (χ3n) is 3.11. The van der Waals surface area contributed by atoms with Crippen LogP contribution in [0.25, 0.3) is 0 Å². The highest BCUT2D eigenvalue weighted by Crippen LogP contribution is 2.13. The van der Waals surface area contributed by atoms with E-state index in [1.165, 1.54) is 6.92 Å². The van der Waals surface area contributed by atoms with Crippen molar-refractivity contribution in [3.05, 3.63) is 59.7 Å². The Bertz CT molecular complexity index is 721. The molecule has 0 bridgehead atoms. The summed E-state index contributed by atoms with van der Waals surface area (Å²) in [6, 6.07) is 12.5. The van der Waals surface area contributed by atoms with Crippen LogP contribution < -0.4 is 15.7 Å². The molecule has 0 aromatic heterocycles. The first-order valence-corrected chi connectivity index (χ1v) is 6.92. The zero-order chi connectivity index (χ0) is 16.8. The monoisotopic (exact) mass is 311 g/mol. The largest absolute Gasteiger partial charge is 0.550 e. The first kappa shape index (κ1) is 16.2. The quantitative estimate of drug-likeness (QED) is 0.823. The van der Waals surface area contributed by atoms with Crippen LogP contribution in [0.5, 0.6) is 0 Å². The SMILES string of the molecule is CC(=O)c1ccc(NC(=O)Nc2ccc(CC(=O)[O-])cc2)cc1. The van der Waals surface area contributed by atoms with Gasteiger partial charge >= 0.3 is 6.03 Å². The zero-order valence-electron chi connectivity index (χ0n) is 12.5. The van der Waals surface area contributed by atoms with Crippen LogP contribution in [-0.4, -0.2) is 17.8 Å². The molecule has 0 saturated heterocycles. The van der Waals surface area contributed by atoms with E-state index in [2.05, 4.69) is 10.6 Å². The number of benzene rings is 2. The third-order valence-corrected chi connectivity index (χ3v) is 3.11. The highest BCUT2D eigenvalue weighted by molar-refractivity contribution is 6.00. The van der Waals surface area contributed by atoms with Gasteiger partial charge in [-0.1, -0.05) is 12.1 Å². The standard InChI is InChI=1S/C17H16N2O4/c1-11(20)13-4-8-15(9-5-13)19-17(23)18-14-6-2-12(3-7-14)10-16(21)22/h2-9H,10H2,1H3,(H,21,22)(H2,18,19,23)/p-1. The van der Waals surface area contributed by atoms with E-state index in [9.17, 15) is 19.5 Å². The molecule has 0 aliphatic carbocycles. The summed E-state index contributed by atoms with van der Waals surface area (Å²) in [7, 11) is 0. The number of nitrogens with one attached hydrogen (secondary N) is 2. The highest BCUT2D eigenvalue weighted by atomic mass is 16.4. The van der Waals surface area contributed by atoms with Crippen LogP contribution in [0.4, 0.5) is 16.2 Å². The van der Waals surface area contributed by atoms with Gasteiger partial charge in [-0.15, -0.1) is 0 Å². The lowest BCUT2D eigenvalue weighted by molar-refractivity contribution is -0.304. The number of Topliss-reactive ketones (excluding diaryl/α,β-unsaturated/α-hetero) is 1. The van der Waals surface area contributed by atoms with Crippen molar-refractivity contribution >= 4 is 29.2 Å². The molecular formula is C17H15N2O4-. The topological polar surface area (TPSA) is 98.3 Å². The van der Waals surface area contributed by atoms with Crippen LogP contribution in [0.15, 0.2) is 48.5 Å². The van der Waals surface area contributed by atoms with E-state index in [1.54, 1.807) is 48.5 Å². The molecular weight excluding hydrogens is 296 g/mol. The minimum atomic E-state index is -1.16. The van der Waals surface area contributed by atoms with E-state index in [-0.39, 0.29) is 12.2 Å². The van der Waals surface area contributed by atoms with Gasteiger partial charge in [0, 0.05) is 29.3 Å². The number of rotatable bonds is 5. The number of carbonyl (C=O) groups excluding carboxylic acids is 3. The molecule has 0 radical (unpaired) electrons. The van der Waals surface area contributed by atoms with Crippen molar-refractivity contribution in [1.29, 1.82) is 0 Å². The number of carbonyl (C=O) groups is 3. The molecule has 2 aromatic rings. The summed E-state index contributed by atoms with van der Waals surface area (Å²) in [5, 5.41) is 15.8. The van der Waals surface area contributed by atoms with Crippen molar-refractivity contribution in [2.45, 2.75) is 13.3 Å². The Morgan fingerprint density at radius 3 is 1.78 bits per heavy atom. The molecule has 2 rings (SSSR count). The van der Waals surface area contributed by atoms with Crippen LogP contribution in [0.1, 0.15) is 22.8 Å². The van der Waals surface area contributed by atoms with Crippen molar-refractivity contribution in [3.8, 4) is 0 Å². The van der Waals surface area contributed by atoms with E-state index in [4.69, 9.17) is 0 Å². The summed E-state index contributed by atoms with van der Waals surface area (Å²) in [6.45, 7) is 1.47. The van der Waals surface area contributed by atoms with Crippen LogP contribution in [0.2, 0.25) is 0 Å². The summed E-state index contributed by atoms with van der Waals surface area (Å²) in [4.78, 5) is 33.5. The van der Waals surface area contributed by atoms with Gasteiger partial charge in [-0.25, -0.2) is 4.79 Å². The second-order valence-electron chi connectivity index (χ2n) is 4.96. The van der Waals surface area contributed by atoms with Crippen LogP contribution in [-0.2, 0) is 11.2 Å². The van der Waals surface area contributed by atoms with Gasteiger partial charge in [0.15, 0.2) is 5.78 Å². The predicted molar refractivity (Wildman–Crippen MR) is 84.2 cm³/mol. The maximum atomic E-state index is 11.9. The van der Waals surface area contributed by atoms with Crippen LogP contribution in [0.3, 0.4) is 0 Å². The molecule has 0 heterocycles. The van der Waals surface area contributed by atoms with E-state index in [0.29, 0.717) is 22.5 Å². The minimum Gasteiger partial charge on any atom is -0.550 e. The lowest BCUT2D eigenvalue weighted by Crippen LogP contribution is -2.24. The fraction of sp³-hybridized carbons (Fsp3) is 0.118. The molecule has 0 spiro atoms. The summed E-state index contributed by atoms with van der Waals surface area (Å²) < 4.78 is 0. The molecule has 0 unspecified atom stereocenters. The number of carboxylic acids is 1. The van der Waals surface area contributed by atoms with E-state index >= 15 is 0 Å². The molecule has 23 heavy (non-hydrogen) atoms. The lowest BCUT2D eigenvalue weighted by atomic mass is 10.1. The molecule has 0 atom stereocenters. The number of hydrogen-bond donors (Lipinski definition) is 2. The van der Waals surface area contributed by atoms with Crippen molar-refractivity contribution < 1.29 is 19.5 Å². The number of hydrogen-bond acceptors (Lipinski definition) is 4. The van der Waals surface area contributed by atoms with Gasteiger partial charge in [-0.3, -0.25) is 4.79 Å². The molecule has 6 heteroatoms. The molecule has 2 aromatic carbocycles. The lowest BCUT2D eigenvalue weighted by Gasteiger charge is -2.09. The Hall–Kier alpha value is -3.15. The van der Waals surface area contributed by atoms with Gasteiger partial charge in [-0.2, -0.15) is 0 Å². The first-order chi connectivity index (χ1) is 10.9. The number of carboxylic acid groups (broad SMARTS) is 1. The van der Waals surface area contributed by atoms with Gasteiger partial charge in [0.2, 0.25) is 0 Å². The predicted octanol–water partition coefficient (Wildman–Crippen LogP) is 1.83. The normalized spacial score (nSPS) is 9.96. The second-order valence-corrected chi connectivity index (χ2v) is 4.96. The van der Waals surface area contributed by atoms with Crippen molar-refractivity contribution in [2.24, 2.45) is 0 Å². The molecule has 0 aliphatic rings. The summed E-state index contributed by atoms with van der Waals surface area (Å²) in [5.41, 5.74) is 2.25. The van der Waals surface area contributed by atoms with E-state index < -0.39 is 12.0 Å². The van der Waals surface area contributed by atoms with Gasteiger partial charge in [0.1, 0.15) is 0 Å². The minimum absolute atomic E-state index is 0.0438. The van der Waals surface area contributed by atoms with E-state index in [1.807, 2.05) is 0 Å². The molecule has 0 saturated carbocycles. The molecule has 118 valence electrons. The number of aliphatic carboxylic acids is 1. The number of amides is 2. The van der Waals surface area contributed by atoms with Gasteiger partial charge in [-0.05, 0) is 48.9 Å². The Kier molecular flexibility index (Phi) is 5.09. The third kappa shape index (κ3) is 4.96. The fourth-order valence-electron chi connectivity index (χ4n) is 1.95. The molecule has 0 fully saturated rings. The maximum Gasteiger partial charge on any atom is 0.323 e. The van der Waals surface area contributed by atoms with Crippen LogP contribution in [0, 0.1) is 0 Å². The smallest absolute Gasteiger partial charge is 0.323 e. The molecule has 0 aliphatic heterocycles. The van der Waals surface area contributed by atoms with E-state index in [0.717, 1.165) is 0 Å². The number of ketones is 1. The van der Waals surface area contributed by atoms with Gasteiger partial charge in [0.05, 0.1) is 0 Å². The summed E-state index contributed by atoms with van der Waals surface area (Å²) in [6.07, 6.45) is -0.172. The molecule has 2 N–H and O–H groups in total. The Labute approximate surface area is 133 Å². The molecule has 2 amide bonds. The number of anilines is 2.